The third-order valence-electron chi connectivity index (χ3n) is 5.40. The predicted molar refractivity (Wildman–Crippen MR) is 94.4 cm³/mol. The Morgan fingerprint density at radius 3 is 2.75 bits per heavy atom. The van der Waals surface area contributed by atoms with Crippen LogP contribution in [0.1, 0.15) is 36.8 Å². The molecular formula is C19H29N3O2. The van der Waals surface area contributed by atoms with Crippen LogP contribution < -0.4 is 11.1 Å². The summed E-state index contributed by atoms with van der Waals surface area (Å²) in [7, 11) is 0. The quantitative estimate of drug-likeness (QED) is 0.728. The molecule has 3 rings (SSSR count). The summed E-state index contributed by atoms with van der Waals surface area (Å²) in [6.07, 6.45) is 4.89. The number of nitrogens with one attached hydrogen (secondary N) is 1. The number of carbonyl (C=O) groups is 1. The number of nitrogens with two attached hydrogens (primary N) is 1. The molecule has 0 spiro atoms. The second-order valence-electron chi connectivity index (χ2n) is 7.22. The Labute approximate surface area is 144 Å². The van der Waals surface area contributed by atoms with Gasteiger partial charge in [-0.05, 0) is 36.3 Å². The van der Waals surface area contributed by atoms with Gasteiger partial charge in [-0.15, -0.1) is 0 Å². The van der Waals surface area contributed by atoms with Gasteiger partial charge in [0.1, 0.15) is 0 Å². The van der Waals surface area contributed by atoms with E-state index < -0.39 is 12.1 Å². The van der Waals surface area contributed by atoms with Crippen molar-refractivity contribution in [2.45, 2.75) is 50.8 Å². The van der Waals surface area contributed by atoms with Crippen molar-refractivity contribution in [3.05, 3.63) is 35.4 Å². The van der Waals surface area contributed by atoms with E-state index in [9.17, 15) is 9.90 Å². The highest BCUT2D eigenvalue weighted by Gasteiger charge is 2.27. The molecule has 1 aromatic carbocycles. The van der Waals surface area contributed by atoms with Crippen LogP contribution >= 0.6 is 0 Å². The van der Waals surface area contributed by atoms with Gasteiger partial charge in [0.15, 0.2) is 0 Å². The average Bonchev–Trinajstić information content (AvgIpc) is 3.13. The third-order valence-corrected chi connectivity index (χ3v) is 5.40. The number of hydrogen-bond acceptors (Lipinski definition) is 4. The third kappa shape index (κ3) is 4.35. The average molecular weight is 331 g/mol. The van der Waals surface area contributed by atoms with Crippen LogP contribution in [0.25, 0.3) is 0 Å². The Morgan fingerprint density at radius 2 is 2.00 bits per heavy atom. The molecule has 1 aliphatic heterocycles. The van der Waals surface area contributed by atoms with E-state index in [1.165, 1.54) is 24.0 Å². The summed E-state index contributed by atoms with van der Waals surface area (Å²) < 4.78 is 0. The highest BCUT2D eigenvalue weighted by Crippen LogP contribution is 2.26. The van der Waals surface area contributed by atoms with Crippen LogP contribution in [-0.4, -0.2) is 47.7 Å². The van der Waals surface area contributed by atoms with Crippen molar-refractivity contribution in [1.82, 2.24) is 10.2 Å². The molecule has 1 aliphatic carbocycles. The molecule has 1 fully saturated rings. The Kier molecular flexibility index (Phi) is 5.87. The van der Waals surface area contributed by atoms with Gasteiger partial charge < -0.3 is 16.2 Å². The highest BCUT2D eigenvalue weighted by atomic mass is 16.3. The Hall–Kier alpha value is -1.43. The summed E-state index contributed by atoms with van der Waals surface area (Å²) in [6, 6.07) is 8.03. The molecule has 5 nitrogen and oxygen atoms in total. The van der Waals surface area contributed by atoms with Crippen molar-refractivity contribution >= 4 is 5.91 Å². The minimum absolute atomic E-state index is 0.120. The zero-order chi connectivity index (χ0) is 16.9. The number of benzene rings is 1. The number of aliphatic hydroxyl groups excluding tert-OH is 1. The molecule has 0 radical (unpaired) electrons. The van der Waals surface area contributed by atoms with Crippen LogP contribution in [0.15, 0.2) is 24.3 Å². The number of aliphatic hydroxyl groups is 1. The van der Waals surface area contributed by atoms with Crippen molar-refractivity contribution in [1.29, 1.82) is 0 Å². The van der Waals surface area contributed by atoms with Crippen molar-refractivity contribution in [2.24, 2.45) is 11.7 Å². The second kappa shape index (κ2) is 8.10. The van der Waals surface area contributed by atoms with Crippen LogP contribution in [0.2, 0.25) is 0 Å². The van der Waals surface area contributed by atoms with Gasteiger partial charge in [0.05, 0.1) is 12.1 Å². The molecule has 1 aromatic rings. The first-order valence-electron chi connectivity index (χ1n) is 9.14. The van der Waals surface area contributed by atoms with Crippen molar-refractivity contribution in [3.63, 3.8) is 0 Å². The maximum atomic E-state index is 12.1. The molecule has 2 aliphatic rings. The van der Waals surface area contributed by atoms with E-state index in [0.717, 1.165) is 32.4 Å². The van der Waals surface area contributed by atoms with Crippen molar-refractivity contribution < 1.29 is 9.90 Å². The van der Waals surface area contributed by atoms with Gasteiger partial charge in [0.25, 0.3) is 0 Å². The normalized spacial score (nSPS) is 21.2. The van der Waals surface area contributed by atoms with E-state index in [-0.39, 0.29) is 12.5 Å². The van der Waals surface area contributed by atoms with Gasteiger partial charge >= 0.3 is 0 Å². The summed E-state index contributed by atoms with van der Waals surface area (Å²) in [4.78, 5) is 14.4. The van der Waals surface area contributed by atoms with Crippen LogP contribution in [0, 0.1) is 5.92 Å². The number of fused-ring (bicyclic) bond motifs is 1. The maximum Gasteiger partial charge on any atom is 0.237 e. The SMILES string of the molecule is NC(C(=O)NCC(O)CN1CCc2ccccc2C1)C1CCCC1. The molecule has 1 heterocycles. The first kappa shape index (κ1) is 17.4. The minimum Gasteiger partial charge on any atom is -0.390 e. The summed E-state index contributed by atoms with van der Waals surface area (Å²) in [5.41, 5.74) is 8.78. The van der Waals surface area contributed by atoms with Gasteiger partial charge in [0, 0.05) is 26.2 Å². The molecule has 2 atom stereocenters. The molecule has 0 aromatic heterocycles. The largest absolute Gasteiger partial charge is 0.390 e. The standard InChI is InChI=1S/C19H29N3O2/c20-18(15-6-2-3-7-15)19(24)21-11-17(23)13-22-10-9-14-5-1-4-8-16(14)12-22/h1,4-5,8,15,17-18,23H,2-3,6-7,9-13,20H2,(H,21,24). The number of amides is 1. The molecule has 4 N–H and O–H groups in total. The lowest BCUT2D eigenvalue weighted by molar-refractivity contribution is -0.124. The number of carbonyl (C=O) groups excluding carboxylic acids is 1. The molecular weight excluding hydrogens is 302 g/mol. The smallest absolute Gasteiger partial charge is 0.237 e. The van der Waals surface area contributed by atoms with E-state index in [2.05, 4.69) is 34.5 Å². The van der Waals surface area contributed by atoms with Crippen LogP contribution in [0.4, 0.5) is 0 Å². The van der Waals surface area contributed by atoms with Gasteiger partial charge in [-0.25, -0.2) is 0 Å². The maximum absolute atomic E-state index is 12.1. The summed E-state index contributed by atoms with van der Waals surface area (Å²) in [5.74, 6) is 0.186. The second-order valence-corrected chi connectivity index (χ2v) is 7.22. The monoisotopic (exact) mass is 331 g/mol. The fourth-order valence-corrected chi connectivity index (χ4v) is 3.94. The number of β-amino-alcohol motifs (C(OH)–C–C–N with tert-alkyl or cyclic N) is 1. The molecule has 2 unspecified atom stereocenters. The fourth-order valence-electron chi connectivity index (χ4n) is 3.94. The van der Waals surface area contributed by atoms with Gasteiger partial charge in [-0.1, -0.05) is 37.1 Å². The lowest BCUT2D eigenvalue weighted by Gasteiger charge is -2.30. The summed E-state index contributed by atoms with van der Waals surface area (Å²) in [6.45, 7) is 2.66. The molecule has 24 heavy (non-hydrogen) atoms. The van der Waals surface area contributed by atoms with Gasteiger partial charge in [-0.2, -0.15) is 0 Å². The number of rotatable bonds is 6. The van der Waals surface area contributed by atoms with E-state index in [0.29, 0.717) is 12.5 Å². The molecule has 1 amide bonds. The lowest BCUT2D eigenvalue weighted by Crippen LogP contribution is -2.48. The fraction of sp³-hybridized carbons (Fsp3) is 0.632. The molecule has 5 heteroatoms. The minimum atomic E-state index is -0.560. The molecule has 0 bridgehead atoms. The number of hydrogen-bond donors (Lipinski definition) is 3. The Balaban J connectivity index is 1.41. The zero-order valence-electron chi connectivity index (χ0n) is 14.3. The Morgan fingerprint density at radius 1 is 1.29 bits per heavy atom. The van der Waals surface area contributed by atoms with Crippen LogP contribution in [-0.2, 0) is 17.8 Å². The predicted octanol–water partition coefficient (Wildman–Crippen LogP) is 1.04. The van der Waals surface area contributed by atoms with E-state index in [1.54, 1.807) is 0 Å². The summed E-state index contributed by atoms with van der Waals surface area (Å²) >= 11 is 0. The van der Waals surface area contributed by atoms with E-state index in [1.807, 2.05) is 0 Å². The lowest BCUT2D eigenvalue weighted by atomic mass is 9.98. The Bertz CT molecular complexity index is 557. The van der Waals surface area contributed by atoms with Crippen LogP contribution in [0.3, 0.4) is 0 Å². The molecule has 132 valence electrons. The first-order chi connectivity index (χ1) is 11.6. The van der Waals surface area contributed by atoms with E-state index >= 15 is 0 Å². The van der Waals surface area contributed by atoms with E-state index in [4.69, 9.17) is 5.73 Å². The van der Waals surface area contributed by atoms with Gasteiger partial charge in [-0.3, -0.25) is 9.69 Å². The molecule has 1 saturated carbocycles. The zero-order valence-corrected chi connectivity index (χ0v) is 14.3. The summed E-state index contributed by atoms with van der Waals surface area (Å²) in [5, 5.41) is 13.1. The highest BCUT2D eigenvalue weighted by molar-refractivity contribution is 5.81. The van der Waals surface area contributed by atoms with Crippen molar-refractivity contribution in [3.8, 4) is 0 Å². The first-order valence-corrected chi connectivity index (χ1v) is 9.14. The van der Waals surface area contributed by atoms with Gasteiger partial charge in [0.2, 0.25) is 5.91 Å². The van der Waals surface area contributed by atoms with Crippen LogP contribution in [0.5, 0.6) is 0 Å². The molecule has 0 saturated heterocycles. The topological polar surface area (TPSA) is 78.6 Å². The van der Waals surface area contributed by atoms with Crippen molar-refractivity contribution in [2.75, 3.05) is 19.6 Å². The number of nitrogens with zero attached hydrogens (tertiary/aromatic N) is 1.